The van der Waals surface area contributed by atoms with Crippen LogP contribution in [0.5, 0.6) is 0 Å². The molecule has 1 aromatic carbocycles. The molecule has 2 aromatic rings. The van der Waals surface area contributed by atoms with Gasteiger partial charge < -0.3 is 5.32 Å². The first kappa shape index (κ1) is 14.1. The summed E-state index contributed by atoms with van der Waals surface area (Å²) >= 11 is 3.59. The molecule has 0 bridgehead atoms. The summed E-state index contributed by atoms with van der Waals surface area (Å²) < 4.78 is 3.12. The summed E-state index contributed by atoms with van der Waals surface area (Å²) in [7, 11) is 1.99. The molecule has 0 aliphatic carbocycles. The minimum Gasteiger partial charge on any atom is -0.381 e. The summed E-state index contributed by atoms with van der Waals surface area (Å²) in [6, 6.07) is 4.33. The number of rotatable bonds is 3. The first-order valence-corrected chi connectivity index (χ1v) is 7.19. The van der Waals surface area contributed by atoms with Gasteiger partial charge in [0, 0.05) is 35.0 Å². The lowest BCUT2D eigenvalue weighted by atomic mass is 10.1. The second-order valence-electron chi connectivity index (χ2n) is 5.05. The van der Waals surface area contributed by atoms with Crippen LogP contribution < -0.4 is 5.32 Å². The Labute approximate surface area is 123 Å². The fraction of sp³-hybridized carbons (Fsp3) is 0.400. The van der Waals surface area contributed by atoms with E-state index in [1.54, 1.807) is 0 Å². The molecule has 0 unspecified atom stereocenters. The summed E-state index contributed by atoms with van der Waals surface area (Å²) in [6.45, 7) is 9.20. The third kappa shape index (κ3) is 2.84. The summed E-state index contributed by atoms with van der Waals surface area (Å²) in [5.41, 5.74) is 7.25. The van der Waals surface area contributed by atoms with Gasteiger partial charge in [-0.2, -0.15) is 5.10 Å². The van der Waals surface area contributed by atoms with E-state index >= 15 is 0 Å². The highest BCUT2D eigenvalue weighted by Gasteiger charge is 2.09. The highest BCUT2D eigenvalue weighted by molar-refractivity contribution is 9.10. The van der Waals surface area contributed by atoms with E-state index in [1.165, 1.54) is 26.9 Å². The molecule has 1 heterocycles. The lowest BCUT2D eigenvalue weighted by Crippen LogP contribution is -2.03. The van der Waals surface area contributed by atoms with Crippen LogP contribution in [0, 0.1) is 27.7 Å². The maximum absolute atomic E-state index is 4.44. The minimum atomic E-state index is 0.812. The van der Waals surface area contributed by atoms with E-state index in [2.05, 4.69) is 66.2 Å². The molecule has 102 valence electrons. The predicted octanol–water partition coefficient (Wildman–Crippen LogP) is 4.03. The molecule has 0 saturated carbocycles. The van der Waals surface area contributed by atoms with E-state index in [-0.39, 0.29) is 0 Å². The Kier molecular flexibility index (Phi) is 3.99. The monoisotopic (exact) mass is 321 g/mol. The van der Waals surface area contributed by atoms with Crippen molar-refractivity contribution < 1.29 is 0 Å². The summed E-state index contributed by atoms with van der Waals surface area (Å²) in [6.07, 6.45) is 0. The Bertz CT molecular complexity index is 591. The zero-order valence-corrected chi connectivity index (χ0v) is 13.7. The van der Waals surface area contributed by atoms with Crippen molar-refractivity contribution in [3.8, 4) is 0 Å². The van der Waals surface area contributed by atoms with Crippen molar-refractivity contribution in [3.63, 3.8) is 0 Å². The fourth-order valence-electron chi connectivity index (χ4n) is 2.31. The van der Waals surface area contributed by atoms with Gasteiger partial charge in [-0.25, -0.2) is 0 Å². The Morgan fingerprint density at radius 3 is 2.21 bits per heavy atom. The van der Waals surface area contributed by atoms with Gasteiger partial charge in [-0.1, -0.05) is 15.9 Å². The van der Waals surface area contributed by atoms with Gasteiger partial charge in [0.25, 0.3) is 0 Å². The zero-order valence-electron chi connectivity index (χ0n) is 12.1. The minimum absolute atomic E-state index is 0.812. The first-order chi connectivity index (χ1) is 8.90. The topological polar surface area (TPSA) is 29.9 Å². The number of anilines is 1. The van der Waals surface area contributed by atoms with Crippen LogP contribution in [0.3, 0.4) is 0 Å². The second kappa shape index (κ2) is 5.37. The van der Waals surface area contributed by atoms with Crippen LogP contribution in [0.4, 0.5) is 5.69 Å². The molecular weight excluding hydrogens is 302 g/mol. The van der Waals surface area contributed by atoms with E-state index < -0.39 is 0 Å². The number of benzene rings is 1. The van der Waals surface area contributed by atoms with Gasteiger partial charge >= 0.3 is 0 Å². The number of aryl methyl sites for hydroxylation is 4. The second-order valence-corrected chi connectivity index (χ2v) is 5.84. The molecule has 19 heavy (non-hydrogen) atoms. The highest BCUT2D eigenvalue weighted by Crippen LogP contribution is 2.25. The quantitative estimate of drug-likeness (QED) is 0.925. The Balaban J connectivity index is 2.19. The van der Waals surface area contributed by atoms with E-state index in [0.717, 1.165) is 17.9 Å². The molecule has 2 rings (SSSR count). The van der Waals surface area contributed by atoms with Gasteiger partial charge in [-0.3, -0.25) is 4.68 Å². The van der Waals surface area contributed by atoms with Crippen molar-refractivity contribution in [2.24, 2.45) is 7.05 Å². The Morgan fingerprint density at radius 2 is 1.74 bits per heavy atom. The van der Waals surface area contributed by atoms with E-state index in [1.807, 2.05) is 11.7 Å². The molecule has 0 aliphatic heterocycles. The van der Waals surface area contributed by atoms with Crippen molar-refractivity contribution in [1.29, 1.82) is 0 Å². The molecular formula is C15H20BrN3. The smallest absolute Gasteiger partial charge is 0.0646 e. The molecule has 0 fully saturated rings. The number of halogens is 1. The molecule has 0 atom stereocenters. The third-order valence-corrected chi connectivity index (χ3v) is 4.82. The van der Waals surface area contributed by atoms with Gasteiger partial charge in [0.1, 0.15) is 0 Å². The van der Waals surface area contributed by atoms with Gasteiger partial charge in [0.2, 0.25) is 0 Å². The van der Waals surface area contributed by atoms with Gasteiger partial charge in [0.15, 0.2) is 0 Å². The number of nitrogens with one attached hydrogen (secondary N) is 1. The summed E-state index contributed by atoms with van der Waals surface area (Å²) in [4.78, 5) is 0. The third-order valence-electron chi connectivity index (χ3n) is 3.56. The van der Waals surface area contributed by atoms with Crippen LogP contribution in [0.25, 0.3) is 0 Å². The summed E-state index contributed by atoms with van der Waals surface area (Å²) in [5.74, 6) is 0. The zero-order chi connectivity index (χ0) is 14.2. The maximum atomic E-state index is 4.44. The molecule has 0 amide bonds. The highest BCUT2D eigenvalue weighted by atomic mass is 79.9. The lowest BCUT2D eigenvalue weighted by Gasteiger charge is -2.11. The molecule has 1 aromatic heterocycles. The Hall–Kier alpha value is -1.29. The van der Waals surface area contributed by atoms with Crippen LogP contribution >= 0.6 is 15.9 Å². The predicted molar refractivity (Wildman–Crippen MR) is 83.6 cm³/mol. The van der Waals surface area contributed by atoms with Crippen molar-refractivity contribution in [2.45, 2.75) is 34.2 Å². The van der Waals surface area contributed by atoms with Crippen LogP contribution in [0.2, 0.25) is 0 Å². The van der Waals surface area contributed by atoms with E-state index in [4.69, 9.17) is 0 Å². The first-order valence-electron chi connectivity index (χ1n) is 6.40. The van der Waals surface area contributed by atoms with E-state index in [9.17, 15) is 0 Å². The molecule has 0 radical (unpaired) electrons. The lowest BCUT2D eigenvalue weighted by molar-refractivity contribution is 0.730. The molecule has 4 heteroatoms. The number of hydrogen-bond donors (Lipinski definition) is 1. The SMILES string of the molecule is Cc1cc(NCc2c(C)nn(C)c2C)cc(C)c1Br. The van der Waals surface area contributed by atoms with Crippen molar-refractivity contribution in [3.05, 3.63) is 44.7 Å². The van der Waals surface area contributed by atoms with Crippen molar-refractivity contribution in [2.75, 3.05) is 5.32 Å². The fourth-order valence-corrected chi connectivity index (χ4v) is 2.54. The standard InChI is InChI=1S/C15H20BrN3/c1-9-6-13(7-10(2)15(9)16)17-8-14-11(3)18-19(5)12(14)4/h6-7,17H,8H2,1-5H3. The van der Waals surface area contributed by atoms with E-state index in [0.29, 0.717) is 0 Å². The van der Waals surface area contributed by atoms with Crippen molar-refractivity contribution >= 4 is 21.6 Å². The molecule has 0 saturated heterocycles. The molecule has 0 aliphatic rings. The largest absolute Gasteiger partial charge is 0.381 e. The van der Waals surface area contributed by atoms with Crippen LogP contribution in [-0.2, 0) is 13.6 Å². The van der Waals surface area contributed by atoms with Crippen molar-refractivity contribution in [1.82, 2.24) is 9.78 Å². The molecule has 1 N–H and O–H groups in total. The van der Waals surface area contributed by atoms with Crippen LogP contribution in [0.1, 0.15) is 28.1 Å². The average Bonchev–Trinajstić information content (AvgIpc) is 2.58. The summed E-state index contributed by atoms with van der Waals surface area (Å²) in [5, 5.41) is 7.93. The van der Waals surface area contributed by atoms with Gasteiger partial charge in [-0.05, 0) is 51.0 Å². The van der Waals surface area contributed by atoms with Gasteiger partial charge in [-0.15, -0.1) is 0 Å². The number of hydrogen-bond acceptors (Lipinski definition) is 2. The molecule has 3 nitrogen and oxygen atoms in total. The molecule has 0 spiro atoms. The normalized spacial score (nSPS) is 10.8. The maximum Gasteiger partial charge on any atom is 0.0646 e. The van der Waals surface area contributed by atoms with Crippen LogP contribution in [0.15, 0.2) is 16.6 Å². The van der Waals surface area contributed by atoms with Crippen LogP contribution in [-0.4, -0.2) is 9.78 Å². The number of aromatic nitrogens is 2. The average molecular weight is 322 g/mol. The Morgan fingerprint density at radius 1 is 1.16 bits per heavy atom. The van der Waals surface area contributed by atoms with Gasteiger partial charge in [0.05, 0.1) is 5.69 Å². The number of nitrogens with zero attached hydrogens (tertiary/aromatic N) is 2.